The van der Waals surface area contributed by atoms with Gasteiger partial charge in [-0.25, -0.2) is 4.79 Å². The van der Waals surface area contributed by atoms with Gasteiger partial charge in [-0.1, -0.05) is 11.6 Å². The molecule has 0 saturated carbocycles. The second-order valence-corrected chi connectivity index (χ2v) is 6.07. The minimum absolute atomic E-state index is 0. The van der Waals surface area contributed by atoms with Gasteiger partial charge < -0.3 is 19.9 Å². The second-order valence-electron chi connectivity index (χ2n) is 5.66. The number of aromatic carboxylic acids is 1. The van der Waals surface area contributed by atoms with E-state index in [-0.39, 0.29) is 24.6 Å². The Morgan fingerprint density at radius 3 is 2.61 bits per heavy atom. The normalized spacial score (nSPS) is 11.1. The number of rotatable bonds is 6. The van der Waals surface area contributed by atoms with Crippen molar-refractivity contribution in [1.29, 1.82) is 0 Å². The quantitative estimate of drug-likeness (QED) is 0.734. The third-order valence-electron chi connectivity index (χ3n) is 3.28. The highest BCUT2D eigenvalue weighted by molar-refractivity contribution is 6.33. The van der Waals surface area contributed by atoms with Crippen molar-refractivity contribution < 1.29 is 19.4 Å². The topological polar surface area (TPSA) is 82.7 Å². The predicted octanol–water partition coefficient (Wildman–Crippen LogP) is 3.58. The lowest BCUT2D eigenvalue weighted by molar-refractivity contribution is 0.0697. The molecule has 2 rings (SSSR count). The van der Waals surface area contributed by atoms with E-state index in [1.54, 1.807) is 12.1 Å². The number of benzene rings is 1. The van der Waals surface area contributed by atoms with Crippen LogP contribution < -0.4 is 5.32 Å². The van der Waals surface area contributed by atoms with Crippen molar-refractivity contribution in [3.05, 3.63) is 46.7 Å². The van der Waals surface area contributed by atoms with Crippen LogP contribution in [0.3, 0.4) is 0 Å². The maximum atomic E-state index is 11.0. The largest absolute Gasteiger partial charge is 0.478 e. The van der Waals surface area contributed by atoms with Gasteiger partial charge in [0.15, 0.2) is 0 Å². The maximum absolute atomic E-state index is 11.0. The Labute approximate surface area is 145 Å². The summed E-state index contributed by atoms with van der Waals surface area (Å²) in [6.07, 6.45) is 0. The predicted molar refractivity (Wildman–Crippen MR) is 91.4 cm³/mol. The Kier molecular flexibility index (Phi) is 6.65. The molecule has 0 radical (unpaired) electrons. The summed E-state index contributed by atoms with van der Waals surface area (Å²) in [7, 11) is 0. The van der Waals surface area contributed by atoms with Gasteiger partial charge in [0.05, 0.1) is 23.7 Å². The van der Waals surface area contributed by atoms with Gasteiger partial charge in [0.1, 0.15) is 11.5 Å². The van der Waals surface area contributed by atoms with Gasteiger partial charge in [-0.3, -0.25) is 0 Å². The summed E-state index contributed by atoms with van der Waals surface area (Å²) < 4.78 is 5.70. The Morgan fingerprint density at radius 1 is 1.30 bits per heavy atom. The van der Waals surface area contributed by atoms with E-state index >= 15 is 0 Å². The Morgan fingerprint density at radius 2 is 2.00 bits per heavy atom. The number of furan rings is 1. The third kappa shape index (κ3) is 4.97. The highest BCUT2D eigenvalue weighted by Gasteiger charge is 2.17. The van der Waals surface area contributed by atoms with Crippen LogP contribution in [0, 0.1) is 0 Å². The molecule has 0 fully saturated rings. The molecule has 0 spiro atoms. The minimum Gasteiger partial charge on any atom is -0.478 e. The first-order valence-corrected chi connectivity index (χ1v) is 7.18. The standard InChI is InChI=1S/C16H18ClNO4.ClH/c1-16(2,9-19)18-8-11-4-6-14(22-11)12-7-10(15(20)21)3-5-13(12)17;/h3-7,18-19H,8-9H2,1-2H3,(H,20,21);1H. The first-order valence-electron chi connectivity index (χ1n) is 6.80. The summed E-state index contributed by atoms with van der Waals surface area (Å²) in [5.41, 5.74) is 0.277. The number of halogens is 2. The molecule has 0 unspecified atom stereocenters. The first kappa shape index (κ1) is 19.5. The summed E-state index contributed by atoms with van der Waals surface area (Å²) in [5.74, 6) is 0.163. The number of hydrogen-bond donors (Lipinski definition) is 3. The number of hydrogen-bond acceptors (Lipinski definition) is 4. The minimum atomic E-state index is -1.02. The van der Waals surface area contributed by atoms with Crippen LogP contribution in [0.4, 0.5) is 0 Å². The van der Waals surface area contributed by atoms with Gasteiger partial charge in [-0.15, -0.1) is 12.4 Å². The van der Waals surface area contributed by atoms with E-state index < -0.39 is 11.5 Å². The van der Waals surface area contributed by atoms with Gasteiger partial charge in [-0.05, 0) is 44.2 Å². The molecule has 0 saturated heterocycles. The number of carboxylic acids is 1. The number of carboxylic acid groups (broad SMARTS) is 1. The molecule has 1 aromatic heterocycles. The summed E-state index contributed by atoms with van der Waals surface area (Å²) in [6.45, 7) is 4.21. The molecule has 126 valence electrons. The lowest BCUT2D eigenvalue weighted by atomic mass is 10.1. The second kappa shape index (κ2) is 7.84. The van der Waals surface area contributed by atoms with E-state index in [0.29, 0.717) is 28.7 Å². The molecular weight excluding hydrogens is 341 g/mol. The van der Waals surface area contributed by atoms with E-state index in [1.165, 1.54) is 18.2 Å². The highest BCUT2D eigenvalue weighted by atomic mass is 35.5. The van der Waals surface area contributed by atoms with E-state index in [9.17, 15) is 9.90 Å². The Balaban J connectivity index is 0.00000264. The SMILES string of the molecule is CC(C)(CO)NCc1ccc(-c2cc(C(=O)O)ccc2Cl)o1.Cl. The lowest BCUT2D eigenvalue weighted by Gasteiger charge is -2.22. The molecule has 0 atom stereocenters. The Hall–Kier alpha value is -1.53. The van der Waals surface area contributed by atoms with Crippen LogP contribution in [0.15, 0.2) is 34.7 Å². The van der Waals surface area contributed by atoms with Gasteiger partial charge in [0.25, 0.3) is 0 Å². The van der Waals surface area contributed by atoms with Gasteiger partial charge in [0, 0.05) is 11.1 Å². The van der Waals surface area contributed by atoms with Crippen molar-refractivity contribution >= 4 is 30.0 Å². The van der Waals surface area contributed by atoms with Gasteiger partial charge >= 0.3 is 5.97 Å². The molecule has 23 heavy (non-hydrogen) atoms. The van der Waals surface area contributed by atoms with E-state index in [1.807, 2.05) is 13.8 Å². The summed E-state index contributed by atoms with van der Waals surface area (Å²) in [4.78, 5) is 11.0. The molecule has 2 aromatic rings. The van der Waals surface area contributed by atoms with Crippen LogP contribution in [0.25, 0.3) is 11.3 Å². The number of aliphatic hydroxyl groups is 1. The molecule has 1 heterocycles. The van der Waals surface area contributed by atoms with Crippen LogP contribution >= 0.6 is 24.0 Å². The number of nitrogens with one attached hydrogen (secondary N) is 1. The fraction of sp³-hybridized carbons (Fsp3) is 0.312. The van der Waals surface area contributed by atoms with Crippen LogP contribution in [0.1, 0.15) is 30.0 Å². The molecule has 7 heteroatoms. The van der Waals surface area contributed by atoms with E-state index in [4.69, 9.17) is 21.1 Å². The van der Waals surface area contributed by atoms with E-state index in [2.05, 4.69) is 5.32 Å². The molecule has 0 aliphatic rings. The van der Waals surface area contributed by atoms with Crippen molar-refractivity contribution in [2.75, 3.05) is 6.61 Å². The van der Waals surface area contributed by atoms with Crippen molar-refractivity contribution in [1.82, 2.24) is 5.32 Å². The summed E-state index contributed by atoms with van der Waals surface area (Å²) >= 11 is 6.12. The zero-order chi connectivity index (χ0) is 16.3. The molecule has 0 bridgehead atoms. The average Bonchev–Trinajstić information content (AvgIpc) is 2.94. The van der Waals surface area contributed by atoms with E-state index in [0.717, 1.165) is 0 Å². The van der Waals surface area contributed by atoms with Crippen molar-refractivity contribution in [3.63, 3.8) is 0 Å². The zero-order valence-corrected chi connectivity index (χ0v) is 14.4. The molecular formula is C16H19Cl2NO4. The molecule has 0 amide bonds. The highest BCUT2D eigenvalue weighted by Crippen LogP contribution is 2.30. The monoisotopic (exact) mass is 359 g/mol. The van der Waals surface area contributed by atoms with Crippen molar-refractivity contribution in [3.8, 4) is 11.3 Å². The number of carbonyl (C=O) groups is 1. The fourth-order valence-electron chi connectivity index (χ4n) is 1.85. The summed E-state index contributed by atoms with van der Waals surface area (Å²) in [5, 5.41) is 21.8. The smallest absolute Gasteiger partial charge is 0.335 e. The first-order chi connectivity index (χ1) is 10.3. The van der Waals surface area contributed by atoms with Crippen LogP contribution in [-0.2, 0) is 6.54 Å². The van der Waals surface area contributed by atoms with Crippen LogP contribution in [-0.4, -0.2) is 28.3 Å². The molecule has 1 aromatic carbocycles. The van der Waals surface area contributed by atoms with Crippen molar-refractivity contribution in [2.24, 2.45) is 0 Å². The fourth-order valence-corrected chi connectivity index (χ4v) is 2.06. The third-order valence-corrected chi connectivity index (χ3v) is 3.61. The van der Waals surface area contributed by atoms with Crippen LogP contribution in [0.5, 0.6) is 0 Å². The molecule has 3 N–H and O–H groups in total. The molecule has 0 aliphatic heterocycles. The maximum Gasteiger partial charge on any atom is 0.335 e. The summed E-state index contributed by atoms with van der Waals surface area (Å²) in [6, 6.07) is 8.01. The zero-order valence-electron chi connectivity index (χ0n) is 12.8. The van der Waals surface area contributed by atoms with Crippen molar-refractivity contribution in [2.45, 2.75) is 25.9 Å². The lowest BCUT2D eigenvalue weighted by Crippen LogP contribution is -2.41. The number of aliphatic hydroxyl groups excluding tert-OH is 1. The molecule has 5 nitrogen and oxygen atoms in total. The van der Waals surface area contributed by atoms with Crippen LogP contribution in [0.2, 0.25) is 5.02 Å². The molecule has 0 aliphatic carbocycles. The average molecular weight is 360 g/mol. The van der Waals surface area contributed by atoms with Gasteiger partial charge in [-0.2, -0.15) is 0 Å². The van der Waals surface area contributed by atoms with Gasteiger partial charge in [0.2, 0.25) is 0 Å². The Bertz CT molecular complexity index is 682.